The maximum absolute atomic E-state index is 14.1. The van der Waals surface area contributed by atoms with Gasteiger partial charge in [0.25, 0.3) is 0 Å². The van der Waals surface area contributed by atoms with Gasteiger partial charge in [-0.3, -0.25) is 9.59 Å². The molecule has 1 aliphatic heterocycles. The second kappa shape index (κ2) is 16.8. The van der Waals surface area contributed by atoms with Crippen LogP contribution in [0.4, 0.5) is 15.3 Å². The first-order valence-electron chi connectivity index (χ1n) is 16.0. The highest BCUT2D eigenvalue weighted by Gasteiger charge is 2.35. The number of amides is 3. The van der Waals surface area contributed by atoms with Crippen molar-refractivity contribution >= 4 is 29.8 Å². The van der Waals surface area contributed by atoms with Crippen molar-refractivity contribution in [1.29, 1.82) is 0 Å². The molecule has 3 atom stereocenters. The molecular weight excluding hydrogens is 614 g/mol. The van der Waals surface area contributed by atoms with Crippen LogP contribution in [0, 0.1) is 0 Å². The van der Waals surface area contributed by atoms with E-state index in [1.807, 2.05) is 78.9 Å². The number of ether oxygens (including phenoxy) is 4. The zero-order chi connectivity index (χ0) is 34.7. The number of para-hydroxylation sites is 1. The Morgan fingerprint density at radius 1 is 0.833 bits per heavy atom. The number of methoxy groups -OCH3 is 2. The number of hydrogen-bond donors (Lipinski definition) is 2. The largest absolute Gasteiger partial charge is 0.469 e. The molecule has 0 saturated carbocycles. The van der Waals surface area contributed by atoms with E-state index < -0.39 is 53.8 Å². The third kappa shape index (κ3) is 10.3. The van der Waals surface area contributed by atoms with Gasteiger partial charge in [-0.2, -0.15) is 0 Å². The molecule has 0 bridgehead atoms. The highest BCUT2D eigenvalue weighted by molar-refractivity contribution is 5.98. The van der Waals surface area contributed by atoms with Crippen molar-refractivity contribution in [3.8, 4) is 0 Å². The number of nitrogens with one attached hydrogen (secondary N) is 2. The van der Waals surface area contributed by atoms with Gasteiger partial charge in [-0.15, -0.1) is 0 Å². The topological polar surface area (TPSA) is 132 Å². The van der Waals surface area contributed by atoms with Crippen molar-refractivity contribution in [2.24, 2.45) is 0 Å². The van der Waals surface area contributed by atoms with Crippen LogP contribution in [0.5, 0.6) is 0 Å². The van der Waals surface area contributed by atoms with E-state index in [1.54, 1.807) is 31.7 Å². The zero-order valence-corrected chi connectivity index (χ0v) is 28.1. The highest BCUT2D eigenvalue weighted by Crippen LogP contribution is 2.30. The molecule has 4 rings (SSSR count). The third-order valence-corrected chi connectivity index (χ3v) is 7.91. The molecule has 256 valence electrons. The normalized spacial score (nSPS) is 16.8. The van der Waals surface area contributed by atoms with Gasteiger partial charge in [0.05, 0.1) is 45.9 Å². The van der Waals surface area contributed by atoms with Crippen LogP contribution in [0.25, 0.3) is 0 Å². The minimum Gasteiger partial charge on any atom is -0.469 e. The number of esters is 1. The van der Waals surface area contributed by atoms with E-state index in [9.17, 15) is 19.2 Å². The Balaban J connectivity index is 1.55. The summed E-state index contributed by atoms with van der Waals surface area (Å²) >= 11 is 0. The summed E-state index contributed by atoms with van der Waals surface area (Å²) in [5.41, 5.74) is 2.42. The molecule has 1 saturated heterocycles. The standard InChI is InChI=1S/C37H45N3O8/c1-37(2,3)48-36(44)40-23-28(47-29(24-40)22-31(41)45-4)21-20-25-14-12-13-19-30(25)38-34(42)33(39-35(43)46-5)32(26-15-8-6-9-16-26)27-17-10-7-11-18-27/h6-19,28-29,32-33H,20-24H2,1-5H3,(H,38,42)(H,39,43)/t28-,29-,33+/m1/s1. The Morgan fingerprint density at radius 2 is 1.42 bits per heavy atom. The van der Waals surface area contributed by atoms with Crippen molar-refractivity contribution < 1.29 is 38.1 Å². The van der Waals surface area contributed by atoms with Crippen LogP contribution in [0.15, 0.2) is 84.9 Å². The average molecular weight is 660 g/mol. The second-order valence-corrected chi connectivity index (χ2v) is 12.6. The van der Waals surface area contributed by atoms with Gasteiger partial charge in [-0.1, -0.05) is 78.9 Å². The van der Waals surface area contributed by atoms with Gasteiger partial charge in [-0.05, 0) is 56.4 Å². The van der Waals surface area contributed by atoms with Gasteiger partial charge in [0.1, 0.15) is 11.6 Å². The van der Waals surface area contributed by atoms with Crippen LogP contribution in [0.2, 0.25) is 0 Å². The number of aryl methyl sites for hydroxylation is 1. The van der Waals surface area contributed by atoms with Crippen molar-refractivity contribution in [2.75, 3.05) is 32.6 Å². The number of carbonyl (C=O) groups is 4. The first-order valence-corrected chi connectivity index (χ1v) is 16.0. The van der Waals surface area contributed by atoms with Crippen molar-refractivity contribution in [3.05, 3.63) is 102 Å². The lowest BCUT2D eigenvalue weighted by Crippen LogP contribution is -2.52. The number of morpholine rings is 1. The fourth-order valence-corrected chi connectivity index (χ4v) is 5.71. The third-order valence-electron chi connectivity index (χ3n) is 7.91. The zero-order valence-electron chi connectivity index (χ0n) is 28.1. The maximum atomic E-state index is 14.1. The Morgan fingerprint density at radius 3 is 2.00 bits per heavy atom. The van der Waals surface area contributed by atoms with Crippen LogP contribution in [-0.4, -0.2) is 80.1 Å². The molecule has 0 spiro atoms. The number of nitrogens with zero attached hydrogens (tertiary/aromatic N) is 1. The molecule has 1 aliphatic rings. The number of rotatable bonds is 11. The van der Waals surface area contributed by atoms with Crippen LogP contribution in [0.3, 0.4) is 0 Å². The van der Waals surface area contributed by atoms with Gasteiger partial charge >= 0.3 is 18.2 Å². The molecule has 1 fully saturated rings. The first-order chi connectivity index (χ1) is 23.0. The van der Waals surface area contributed by atoms with E-state index in [4.69, 9.17) is 18.9 Å². The van der Waals surface area contributed by atoms with Crippen LogP contribution in [-0.2, 0) is 35.0 Å². The Kier molecular flexibility index (Phi) is 12.6. The molecule has 0 aliphatic carbocycles. The summed E-state index contributed by atoms with van der Waals surface area (Å²) in [5.74, 6) is -1.37. The molecular formula is C37H45N3O8. The fourth-order valence-electron chi connectivity index (χ4n) is 5.71. The Labute approximate surface area is 281 Å². The van der Waals surface area contributed by atoms with Crippen molar-refractivity contribution in [3.63, 3.8) is 0 Å². The lowest BCUT2D eigenvalue weighted by Gasteiger charge is -2.38. The molecule has 3 aromatic rings. The van der Waals surface area contributed by atoms with E-state index in [-0.39, 0.29) is 19.5 Å². The highest BCUT2D eigenvalue weighted by atomic mass is 16.6. The summed E-state index contributed by atoms with van der Waals surface area (Å²) in [6.45, 7) is 5.88. The Hall–Kier alpha value is -4.90. The van der Waals surface area contributed by atoms with Gasteiger partial charge < -0.3 is 34.5 Å². The molecule has 48 heavy (non-hydrogen) atoms. The first kappa shape index (κ1) is 35.9. The van der Waals surface area contributed by atoms with Crippen LogP contribution >= 0.6 is 0 Å². The summed E-state index contributed by atoms with van der Waals surface area (Å²) in [4.78, 5) is 53.3. The van der Waals surface area contributed by atoms with Gasteiger partial charge in [0.15, 0.2) is 0 Å². The van der Waals surface area contributed by atoms with Gasteiger partial charge in [-0.25, -0.2) is 9.59 Å². The van der Waals surface area contributed by atoms with E-state index >= 15 is 0 Å². The van der Waals surface area contributed by atoms with E-state index in [2.05, 4.69) is 10.6 Å². The van der Waals surface area contributed by atoms with Crippen LogP contribution < -0.4 is 10.6 Å². The smallest absolute Gasteiger partial charge is 0.410 e. The van der Waals surface area contributed by atoms with E-state index in [0.717, 1.165) is 16.7 Å². The number of benzene rings is 3. The van der Waals surface area contributed by atoms with Crippen molar-refractivity contribution in [1.82, 2.24) is 10.2 Å². The summed E-state index contributed by atoms with van der Waals surface area (Å²) in [6, 6.07) is 25.4. The summed E-state index contributed by atoms with van der Waals surface area (Å²) in [5, 5.41) is 5.81. The Bertz CT molecular complexity index is 1490. The second-order valence-electron chi connectivity index (χ2n) is 12.6. The quantitative estimate of drug-likeness (QED) is 0.199. The summed E-state index contributed by atoms with van der Waals surface area (Å²) in [6.07, 6.45) is -1.19. The predicted molar refractivity (Wildman–Crippen MR) is 181 cm³/mol. The maximum Gasteiger partial charge on any atom is 0.410 e. The SMILES string of the molecule is COC(=O)C[C@@H]1CN(C(=O)OC(C)(C)C)C[C@@H](CCc2ccccc2NC(=O)[C@@H](NC(=O)OC)C(c2ccccc2)c2ccccc2)O1. The number of alkyl carbamates (subject to hydrolysis) is 1. The van der Waals surface area contributed by atoms with Gasteiger partial charge in [0, 0.05) is 11.6 Å². The lowest BCUT2D eigenvalue weighted by molar-refractivity contribution is -0.149. The number of anilines is 1. The lowest BCUT2D eigenvalue weighted by atomic mass is 9.84. The summed E-state index contributed by atoms with van der Waals surface area (Å²) < 4.78 is 21.6. The monoisotopic (exact) mass is 659 g/mol. The van der Waals surface area contributed by atoms with E-state index in [1.165, 1.54) is 14.2 Å². The number of hydrogen-bond acceptors (Lipinski definition) is 8. The fraction of sp³-hybridized carbons (Fsp3) is 0.405. The average Bonchev–Trinajstić information content (AvgIpc) is 3.07. The molecule has 0 unspecified atom stereocenters. The van der Waals surface area contributed by atoms with Gasteiger partial charge in [0.2, 0.25) is 5.91 Å². The summed E-state index contributed by atoms with van der Waals surface area (Å²) in [7, 11) is 2.57. The predicted octanol–water partition coefficient (Wildman–Crippen LogP) is 5.68. The van der Waals surface area contributed by atoms with Crippen molar-refractivity contribution in [2.45, 2.75) is 69.8 Å². The molecule has 11 nitrogen and oxygen atoms in total. The molecule has 2 N–H and O–H groups in total. The number of carbonyl (C=O) groups excluding carboxylic acids is 4. The molecule has 0 radical (unpaired) electrons. The molecule has 3 amide bonds. The van der Waals surface area contributed by atoms with Crippen LogP contribution in [0.1, 0.15) is 56.2 Å². The minimum absolute atomic E-state index is 0.00246. The minimum atomic E-state index is -1.02. The molecule has 0 aromatic heterocycles. The molecule has 11 heteroatoms. The van der Waals surface area contributed by atoms with E-state index in [0.29, 0.717) is 18.5 Å². The molecule has 3 aromatic carbocycles. The molecule has 1 heterocycles.